The van der Waals surface area contributed by atoms with Crippen LogP contribution in [0.3, 0.4) is 0 Å². The van der Waals surface area contributed by atoms with Crippen LogP contribution < -0.4 is 26.3 Å². The van der Waals surface area contributed by atoms with E-state index in [1.165, 1.54) is 25.6 Å². The van der Waals surface area contributed by atoms with Crippen LogP contribution >= 0.6 is 0 Å². The number of ether oxygens (including phenoxy) is 2. The summed E-state index contributed by atoms with van der Waals surface area (Å²) >= 11 is 0. The second-order valence-corrected chi connectivity index (χ2v) is 6.12. The van der Waals surface area contributed by atoms with Crippen molar-refractivity contribution in [3.63, 3.8) is 0 Å². The Morgan fingerprint density at radius 3 is 2.27 bits per heavy atom. The van der Waals surface area contributed by atoms with Gasteiger partial charge in [0.1, 0.15) is 23.3 Å². The molecule has 11 nitrogen and oxygen atoms in total. The number of benzene rings is 1. The zero-order chi connectivity index (χ0) is 21.7. The minimum Gasteiger partial charge on any atom is -0.480 e. The van der Waals surface area contributed by atoms with Gasteiger partial charge in [-0.2, -0.15) is 0 Å². The van der Waals surface area contributed by atoms with Crippen LogP contribution in [-0.4, -0.2) is 44.9 Å². The lowest BCUT2D eigenvalue weighted by atomic mass is 10.2. The third-order valence-corrected chi connectivity index (χ3v) is 3.92. The Morgan fingerprint density at radius 1 is 1.03 bits per heavy atom. The van der Waals surface area contributed by atoms with Crippen molar-refractivity contribution in [2.75, 3.05) is 12.4 Å². The topological polar surface area (TPSA) is 168 Å². The van der Waals surface area contributed by atoms with Gasteiger partial charge in [0.25, 0.3) is 5.91 Å². The quantitative estimate of drug-likeness (QED) is 0.493. The lowest BCUT2D eigenvalue weighted by molar-refractivity contribution is -0.118. The van der Waals surface area contributed by atoms with Gasteiger partial charge in [-0.1, -0.05) is 0 Å². The molecule has 3 aromatic rings. The van der Waals surface area contributed by atoms with Crippen molar-refractivity contribution in [3.8, 4) is 28.9 Å². The van der Waals surface area contributed by atoms with Gasteiger partial charge in [0, 0.05) is 11.6 Å². The van der Waals surface area contributed by atoms with Crippen molar-refractivity contribution in [3.05, 3.63) is 48.4 Å². The number of carbonyl (C=O) groups excluding carboxylic acids is 2. The highest BCUT2D eigenvalue weighted by Gasteiger charge is 2.14. The summed E-state index contributed by atoms with van der Waals surface area (Å²) < 4.78 is 10.6. The van der Waals surface area contributed by atoms with E-state index in [0.29, 0.717) is 23.1 Å². The maximum atomic E-state index is 11.6. The molecule has 0 spiro atoms. The Kier molecular flexibility index (Phi) is 6.01. The highest BCUT2D eigenvalue weighted by Crippen LogP contribution is 2.24. The molecular formula is C19H19N7O4. The number of amides is 2. The number of nitrogens with two attached hydrogens (primary N) is 2. The van der Waals surface area contributed by atoms with Crippen molar-refractivity contribution in [1.82, 2.24) is 19.9 Å². The molecule has 0 saturated heterocycles. The van der Waals surface area contributed by atoms with Crippen LogP contribution in [-0.2, 0) is 4.79 Å². The number of primary amides is 2. The Hall–Kier alpha value is -4.28. The molecule has 3 rings (SSSR count). The fraction of sp³-hybridized carbons (Fsp3) is 0.158. The standard InChI is InChI=1S/C19H19N7O4/c1-10(17(20)27)24-14-7-13(18(21)28)25-19(26-14)11-3-5-12(6-4-11)30-16-9-22-15(29-2)8-23-16/h3-10H,1-2H3,(H2,20,27)(H2,21,28)(H,24,25,26). The van der Waals surface area contributed by atoms with E-state index >= 15 is 0 Å². The van der Waals surface area contributed by atoms with Crippen LogP contribution in [0.25, 0.3) is 11.4 Å². The van der Waals surface area contributed by atoms with Gasteiger partial charge in [-0.05, 0) is 31.2 Å². The van der Waals surface area contributed by atoms with E-state index in [-0.39, 0.29) is 17.3 Å². The van der Waals surface area contributed by atoms with E-state index in [0.717, 1.165) is 0 Å². The summed E-state index contributed by atoms with van der Waals surface area (Å²) in [4.78, 5) is 39.5. The van der Waals surface area contributed by atoms with E-state index in [4.69, 9.17) is 20.9 Å². The van der Waals surface area contributed by atoms with Crippen LogP contribution in [0.2, 0.25) is 0 Å². The van der Waals surface area contributed by atoms with Gasteiger partial charge in [-0.15, -0.1) is 0 Å². The van der Waals surface area contributed by atoms with E-state index in [2.05, 4.69) is 25.3 Å². The summed E-state index contributed by atoms with van der Waals surface area (Å²) in [6, 6.07) is 7.42. The molecule has 2 heterocycles. The van der Waals surface area contributed by atoms with Crippen molar-refractivity contribution in [2.24, 2.45) is 11.5 Å². The number of methoxy groups -OCH3 is 1. The SMILES string of the molecule is COc1cnc(Oc2ccc(-c3nc(NC(C)C(N)=O)cc(C(N)=O)n3)cc2)cn1. The maximum Gasteiger partial charge on any atom is 0.267 e. The first-order chi connectivity index (χ1) is 14.4. The molecule has 30 heavy (non-hydrogen) atoms. The third kappa shape index (κ3) is 4.95. The Morgan fingerprint density at radius 2 is 1.70 bits per heavy atom. The number of carbonyl (C=O) groups is 2. The molecule has 2 aromatic heterocycles. The largest absolute Gasteiger partial charge is 0.480 e. The molecule has 0 radical (unpaired) electrons. The van der Waals surface area contributed by atoms with Crippen molar-refractivity contribution >= 4 is 17.6 Å². The van der Waals surface area contributed by atoms with Gasteiger partial charge in [-0.3, -0.25) is 9.59 Å². The Balaban J connectivity index is 1.84. The Labute approximate surface area is 171 Å². The van der Waals surface area contributed by atoms with Gasteiger partial charge in [0.2, 0.25) is 17.7 Å². The molecular weight excluding hydrogens is 390 g/mol. The number of nitrogens with one attached hydrogen (secondary N) is 1. The van der Waals surface area contributed by atoms with Crippen molar-refractivity contribution < 1.29 is 19.1 Å². The lowest BCUT2D eigenvalue weighted by Crippen LogP contribution is -2.33. The number of aromatic nitrogens is 4. The first-order valence-electron chi connectivity index (χ1n) is 8.75. The monoisotopic (exact) mass is 409 g/mol. The lowest BCUT2D eigenvalue weighted by Gasteiger charge is -2.13. The molecule has 0 fully saturated rings. The molecule has 0 aliphatic carbocycles. The van der Waals surface area contributed by atoms with Crippen molar-refractivity contribution in [1.29, 1.82) is 0 Å². The number of hydrogen-bond donors (Lipinski definition) is 3. The van der Waals surface area contributed by atoms with Crippen LogP contribution in [0.15, 0.2) is 42.7 Å². The van der Waals surface area contributed by atoms with Gasteiger partial charge < -0.3 is 26.3 Å². The normalized spacial score (nSPS) is 11.4. The van der Waals surface area contributed by atoms with Crippen molar-refractivity contribution in [2.45, 2.75) is 13.0 Å². The number of nitrogens with zero attached hydrogens (tertiary/aromatic N) is 4. The molecule has 154 valence electrons. The first-order valence-corrected chi connectivity index (χ1v) is 8.75. The zero-order valence-corrected chi connectivity index (χ0v) is 16.2. The fourth-order valence-electron chi connectivity index (χ4n) is 2.32. The molecule has 5 N–H and O–H groups in total. The number of hydrogen-bond acceptors (Lipinski definition) is 9. The molecule has 2 amide bonds. The van der Waals surface area contributed by atoms with Gasteiger partial charge in [0.05, 0.1) is 19.5 Å². The minimum absolute atomic E-state index is 0.00648. The summed E-state index contributed by atoms with van der Waals surface area (Å²) in [6.45, 7) is 1.57. The molecule has 1 atom stereocenters. The molecule has 0 aliphatic rings. The minimum atomic E-state index is -0.730. The van der Waals surface area contributed by atoms with E-state index in [1.54, 1.807) is 31.2 Å². The van der Waals surface area contributed by atoms with E-state index in [9.17, 15) is 9.59 Å². The summed E-state index contributed by atoms with van der Waals surface area (Å²) in [7, 11) is 1.49. The average molecular weight is 409 g/mol. The predicted octanol–water partition coefficient (Wildman–Crippen LogP) is 1.12. The summed E-state index contributed by atoms with van der Waals surface area (Å²) in [5.41, 5.74) is 11.2. The third-order valence-electron chi connectivity index (χ3n) is 3.92. The fourth-order valence-corrected chi connectivity index (χ4v) is 2.32. The predicted molar refractivity (Wildman–Crippen MR) is 107 cm³/mol. The van der Waals surface area contributed by atoms with E-state index < -0.39 is 17.9 Å². The van der Waals surface area contributed by atoms with Crippen LogP contribution in [0.1, 0.15) is 17.4 Å². The molecule has 0 bridgehead atoms. The molecule has 0 saturated carbocycles. The summed E-state index contributed by atoms with van der Waals surface area (Å²) in [5.74, 6) is 0.354. The first kappa shape index (κ1) is 20.5. The van der Waals surface area contributed by atoms with Gasteiger partial charge in [0.15, 0.2) is 5.82 Å². The van der Waals surface area contributed by atoms with Gasteiger partial charge in [-0.25, -0.2) is 19.9 Å². The van der Waals surface area contributed by atoms with Gasteiger partial charge >= 0.3 is 0 Å². The molecule has 1 unspecified atom stereocenters. The average Bonchev–Trinajstić information content (AvgIpc) is 2.74. The molecule has 1 aromatic carbocycles. The second kappa shape index (κ2) is 8.82. The smallest absolute Gasteiger partial charge is 0.267 e. The maximum absolute atomic E-state index is 11.6. The highest BCUT2D eigenvalue weighted by molar-refractivity contribution is 5.92. The number of rotatable bonds is 8. The summed E-state index contributed by atoms with van der Waals surface area (Å²) in [5, 5.41) is 2.82. The Bertz CT molecular complexity index is 1060. The van der Waals surface area contributed by atoms with E-state index in [1.807, 2.05) is 0 Å². The second-order valence-electron chi connectivity index (χ2n) is 6.12. The van der Waals surface area contributed by atoms with Crippen LogP contribution in [0.5, 0.6) is 17.5 Å². The summed E-state index contributed by atoms with van der Waals surface area (Å²) in [6.07, 6.45) is 2.87. The molecule has 0 aliphatic heterocycles. The van der Waals surface area contributed by atoms with Crippen LogP contribution in [0, 0.1) is 0 Å². The highest BCUT2D eigenvalue weighted by atomic mass is 16.5. The zero-order valence-electron chi connectivity index (χ0n) is 16.2. The van der Waals surface area contributed by atoms with Crippen LogP contribution in [0.4, 0.5) is 5.82 Å². The number of anilines is 1. The molecule has 11 heteroatoms.